The molecule has 1 heterocycles. The molecule has 0 radical (unpaired) electrons. The summed E-state index contributed by atoms with van der Waals surface area (Å²) in [6, 6.07) is 0. The van der Waals surface area contributed by atoms with E-state index in [0.29, 0.717) is 0 Å². The first-order valence-electron chi connectivity index (χ1n) is 3.88. The maximum absolute atomic E-state index is 10.8. The summed E-state index contributed by atoms with van der Waals surface area (Å²) in [5.41, 5.74) is 3.25. The molecule has 68 valence electrons. The lowest BCUT2D eigenvalue weighted by atomic mass is 10.1. The minimum absolute atomic E-state index is 0.733. The van der Waals surface area contributed by atoms with Gasteiger partial charge in [-0.05, 0) is 26.3 Å². The Morgan fingerprint density at radius 1 is 1.75 bits per heavy atom. The van der Waals surface area contributed by atoms with Crippen LogP contribution < -0.4 is 5.43 Å². The number of rotatable bonds is 2. The second kappa shape index (κ2) is 2.79. The molecule has 0 fully saturated rings. The van der Waals surface area contributed by atoms with Crippen LogP contribution in [0.2, 0.25) is 0 Å². The predicted octanol–water partition coefficient (Wildman–Crippen LogP) is 0.574. The molecule has 4 nitrogen and oxygen atoms in total. The number of hydrazine groups is 1. The largest absolute Gasteiger partial charge is 0.479 e. The van der Waals surface area contributed by atoms with Gasteiger partial charge in [0.05, 0.1) is 0 Å². The summed E-state index contributed by atoms with van der Waals surface area (Å²) < 4.78 is 0. The van der Waals surface area contributed by atoms with Gasteiger partial charge in [-0.25, -0.2) is 10.2 Å². The van der Waals surface area contributed by atoms with Gasteiger partial charge in [0.25, 0.3) is 0 Å². The van der Waals surface area contributed by atoms with Crippen molar-refractivity contribution in [2.75, 3.05) is 6.54 Å². The highest BCUT2D eigenvalue weighted by atomic mass is 16.4. The van der Waals surface area contributed by atoms with Gasteiger partial charge in [-0.15, -0.1) is 0 Å². The molecule has 0 unspecified atom stereocenters. The average Bonchev–Trinajstić information content (AvgIpc) is 2.35. The fourth-order valence-electron chi connectivity index (χ4n) is 0.984. The maximum atomic E-state index is 10.8. The van der Waals surface area contributed by atoms with E-state index in [1.165, 1.54) is 0 Å². The van der Waals surface area contributed by atoms with Gasteiger partial charge in [-0.3, -0.25) is 5.01 Å². The number of hydrogen-bond acceptors (Lipinski definition) is 3. The van der Waals surface area contributed by atoms with Crippen LogP contribution >= 0.6 is 0 Å². The molecule has 0 saturated carbocycles. The molecular formula is C8H14N2O2. The molecule has 2 N–H and O–H groups in total. The molecule has 0 atom stereocenters. The summed E-state index contributed by atoms with van der Waals surface area (Å²) in [5, 5.41) is 10.5. The van der Waals surface area contributed by atoms with E-state index < -0.39 is 11.5 Å². The molecule has 1 aliphatic heterocycles. The number of hydrogen-bond donors (Lipinski definition) is 2. The summed E-state index contributed by atoms with van der Waals surface area (Å²) in [7, 11) is 0. The van der Waals surface area contributed by atoms with E-state index in [2.05, 4.69) is 5.43 Å². The smallest absolute Gasteiger partial charge is 0.330 e. The van der Waals surface area contributed by atoms with Crippen LogP contribution in [-0.2, 0) is 4.79 Å². The predicted molar refractivity (Wildman–Crippen MR) is 45.3 cm³/mol. The number of carboxylic acids is 1. The summed E-state index contributed by atoms with van der Waals surface area (Å²) >= 11 is 0. The lowest BCUT2D eigenvalue weighted by molar-refractivity contribution is -0.148. The highest BCUT2D eigenvalue weighted by molar-refractivity contribution is 5.77. The summed E-state index contributed by atoms with van der Waals surface area (Å²) in [6.07, 6.45) is 1.83. The molecule has 4 heteroatoms. The number of aliphatic carboxylic acids is 1. The molecule has 0 aromatic rings. The molecule has 0 saturated heterocycles. The summed E-state index contributed by atoms with van der Waals surface area (Å²) in [5.74, 6) is -0.832. The standard InChI is InChI=1S/C8H14N2O2/c1-6-4-9-10(5-6)8(2,3)7(11)12/h5,9H,4H2,1-3H3,(H,11,12). The van der Waals surface area contributed by atoms with E-state index in [4.69, 9.17) is 5.11 Å². The van der Waals surface area contributed by atoms with E-state index in [-0.39, 0.29) is 0 Å². The molecule has 0 aromatic heterocycles. The number of carboxylic acid groups (broad SMARTS) is 1. The van der Waals surface area contributed by atoms with Gasteiger partial charge in [-0.1, -0.05) is 0 Å². The minimum Gasteiger partial charge on any atom is -0.479 e. The summed E-state index contributed by atoms with van der Waals surface area (Å²) in [6.45, 7) is 6.02. The highest BCUT2D eigenvalue weighted by Gasteiger charge is 2.34. The van der Waals surface area contributed by atoms with Crippen molar-refractivity contribution in [2.24, 2.45) is 0 Å². The third-order valence-electron chi connectivity index (χ3n) is 2.00. The van der Waals surface area contributed by atoms with Crippen LogP contribution in [0.25, 0.3) is 0 Å². The normalized spacial score (nSPS) is 17.9. The van der Waals surface area contributed by atoms with Crippen molar-refractivity contribution in [2.45, 2.75) is 26.3 Å². The number of nitrogens with zero attached hydrogens (tertiary/aromatic N) is 1. The first-order chi connectivity index (χ1) is 5.44. The van der Waals surface area contributed by atoms with Crippen molar-refractivity contribution in [3.8, 4) is 0 Å². The van der Waals surface area contributed by atoms with Crippen molar-refractivity contribution in [1.29, 1.82) is 0 Å². The van der Waals surface area contributed by atoms with Crippen molar-refractivity contribution < 1.29 is 9.90 Å². The van der Waals surface area contributed by atoms with Gasteiger partial charge in [0.2, 0.25) is 0 Å². The van der Waals surface area contributed by atoms with Crippen molar-refractivity contribution in [1.82, 2.24) is 10.4 Å². The van der Waals surface area contributed by atoms with Gasteiger partial charge in [-0.2, -0.15) is 0 Å². The lowest BCUT2D eigenvalue weighted by Gasteiger charge is -2.30. The van der Waals surface area contributed by atoms with Gasteiger partial charge < -0.3 is 5.11 Å². The van der Waals surface area contributed by atoms with Gasteiger partial charge in [0, 0.05) is 12.7 Å². The van der Waals surface area contributed by atoms with Crippen LogP contribution in [0.4, 0.5) is 0 Å². The van der Waals surface area contributed by atoms with Crippen molar-refractivity contribution in [3.05, 3.63) is 11.8 Å². The molecule has 12 heavy (non-hydrogen) atoms. The SMILES string of the molecule is CC1=CN(C(C)(C)C(=O)O)NC1. The summed E-state index contributed by atoms with van der Waals surface area (Å²) in [4.78, 5) is 10.8. The van der Waals surface area contributed by atoms with E-state index in [1.807, 2.05) is 13.1 Å². The fourth-order valence-corrected chi connectivity index (χ4v) is 0.984. The number of carbonyl (C=O) groups is 1. The topological polar surface area (TPSA) is 52.6 Å². The van der Waals surface area contributed by atoms with E-state index >= 15 is 0 Å². The maximum Gasteiger partial charge on any atom is 0.330 e. The quantitative estimate of drug-likeness (QED) is 0.636. The molecule has 0 aliphatic carbocycles. The zero-order valence-corrected chi connectivity index (χ0v) is 7.59. The third-order valence-corrected chi connectivity index (χ3v) is 2.00. The Morgan fingerprint density at radius 3 is 2.67 bits per heavy atom. The Balaban J connectivity index is 2.77. The first-order valence-corrected chi connectivity index (χ1v) is 3.88. The second-order valence-electron chi connectivity index (χ2n) is 3.54. The van der Waals surface area contributed by atoms with E-state index in [1.54, 1.807) is 18.9 Å². The fraction of sp³-hybridized carbons (Fsp3) is 0.625. The molecule has 0 amide bonds. The lowest BCUT2D eigenvalue weighted by Crippen LogP contribution is -2.51. The van der Waals surface area contributed by atoms with Crippen LogP contribution in [0.1, 0.15) is 20.8 Å². The highest BCUT2D eigenvalue weighted by Crippen LogP contribution is 2.17. The Labute approximate surface area is 71.8 Å². The molecule has 0 aromatic carbocycles. The Morgan fingerprint density at radius 2 is 2.33 bits per heavy atom. The van der Waals surface area contributed by atoms with E-state index in [9.17, 15) is 4.79 Å². The second-order valence-corrected chi connectivity index (χ2v) is 3.54. The monoisotopic (exact) mass is 170 g/mol. The molecule has 0 bridgehead atoms. The van der Waals surface area contributed by atoms with Crippen LogP contribution in [0, 0.1) is 0 Å². The van der Waals surface area contributed by atoms with Crippen LogP contribution in [0.15, 0.2) is 11.8 Å². The van der Waals surface area contributed by atoms with Crippen LogP contribution in [0.5, 0.6) is 0 Å². The Kier molecular flexibility index (Phi) is 2.10. The van der Waals surface area contributed by atoms with Crippen LogP contribution in [0.3, 0.4) is 0 Å². The minimum atomic E-state index is -0.877. The average molecular weight is 170 g/mol. The van der Waals surface area contributed by atoms with Crippen LogP contribution in [-0.4, -0.2) is 28.2 Å². The van der Waals surface area contributed by atoms with E-state index in [0.717, 1.165) is 12.1 Å². The van der Waals surface area contributed by atoms with Gasteiger partial charge in [0.1, 0.15) is 5.54 Å². The zero-order valence-electron chi connectivity index (χ0n) is 7.59. The Hall–Kier alpha value is -1.03. The van der Waals surface area contributed by atoms with Crippen molar-refractivity contribution >= 4 is 5.97 Å². The molecule has 1 rings (SSSR count). The molecule has 1 aliphatic rings. The van der Waals surface area contributed by atoms with Gasteiger partial charge >= 0.3 is 5.97 Å². The number of nitrogens with one attached hydrogen (secondary N) is 1. The Bertz CT molecular complexity index is 233. The third kappa shape index (κ3) is 1.43. The van der Waals surface area contributed by atoms with Gasteiger partial charge in [0.15, 0.2) is 0 Å². The zero-order chi connectivity index (χ0) is 9.35. The first kappa shape index (κ1) is 9.06. The molecule has 0 spiro atoms. The van der Waals surface area contributed by atoms with Crippen molar-refractivity contribution in [3.63, 3.8) is 0 Å². The molecular weight excluding hydrogens is 156 g/mol.